The summed E-state index contributed by atoms with van der Waals surface area (Å²) in [6, 6.07) is 18.2. The zero-order chi connectivity index (χ0) is 32.3. The number of aromatic nitrogens is 4. The van der Waals surface area contributed by atoms with E-state index in [0.717, 1.165) is 77.5 Å². The van der Waals surface area contributed by atoms with E-state index in [-0.39, 0.29) is 0 Å². The minimum Gasteiger partial charge on any atom is -0.457 e. The fourth-order valence-corrected chi connectivity index (χ4v) is 8.38. The molecule has 4 saturated heterocycles. The molecule has 0 atom stereocenters. The lowest BCUT2D eigenvalue weighted by Crippen LogP contribution is -2.50. The topological polar surface area (TPSA) is 101 Å². The molecule has 2 aromatic heterocycles. The first kappa shape index (κ1) is 31.7. The predicted molar refractivity (Wildman–Crippen MR) is 191 cm³/mol. The van der Waals surface area contributed by atoms with Crippen molar-refractivity contribution in [3.05, 3.63) is 60.9 Å². The highest BCUT2D eigenvalue weighted by Crippen LogP contribution is 2.35. The van der Waals surface area contributed by atoms with E-state index in [2.05, 4.69) is 34.7 Å². The number of benzene rings is 2. The van der Waals surface area contributed by atoms with Crippen LogP contribution in [0.4, 0.5) is 5.82 Å². The van der Waals surface area contributed by atoms with E-state index in [9.17, 15) is 0 Å². The zero-order valence-corrected chi connectivity index (χ0v) is 28.2. The van der Waals surface area contributed by atoms with Crippen molar-refractivity contribution in [1.82, 2.24) is 39.8 Å². The quantitative estimate of drug-likeness (QED) is 0.242. The molecule has 254 valence electrons. The SMILES string of the molecule is Nc1ncnc2c1c(-c1ccc(Oc3ccccc3)cc1)nn2C1CCN(CC2CCN(CC3CCN(CC4CNC4)CC3)CC2)CC1. The molecule has 8 rings (SSSR count). The number of ether oxygens (including phenoxy) is 1. The molecule has 0 spiro atoms. The Hall–Kier alpha value is -3.57. The summed E-state index contributed by atoms with van der Waals surface area (Å²) in [5.74, 6) is 4.67. The summed E-state index contributed by atoms with van der Waals surface area (Å²) in [6.45, 7) is 13.7. The van der Waals surface area contributed by atoms with E-state index in [1.807, 2.05) is 54.6 Å². The van der Waals surface area contributed by atoms with Gasteiger partial charge < -0.3 is 30.5 Å². The van der Waals surface area contributed by atoms with Crippen LogP contribution in [-0.2, 0) is 0 Å². The second kappa shape index (κ2) is 14.5. The molecule has 3 N–H and O–H groups in total. The first-order valence-corrected chi connectivity index (χ1v) is 18.3. The van der Waals surface area contributed by atoms with Gasteiger partial charge in [0.25, 0.3) is 0 Å². The van der Waals surface area contributed by atoms with Crippen molar-refractivity contribution in [2.75, 3.05) is 77.7 Å². The van der Waals surface area contributed by atoms with E-state index in [1.54, 1.807) is 6.33 Å². The Balaban J connectivity index is 0.830. The Labute approximate surface area is 284 Å². The molecule has 4 aliphatic heterocycles. The van der Waals surface area contributed by atoms with Crippen LogP contribution in [0.1, 0.15) is 44.6 Å². The van der Waals surface area contributed by atoms with Crippen LogP contribution < -0.4 is 15.8 Å². The van der Waals surface area contributed by atoms with Crippen LogP contribution >= 0.6 is 0 Å². The van der Waals surface area contributed by atoms with E-state index in [1.165, 1.54) is 84.6 Å². The predicted octanol–water partition coefficient (Wildman–Crippen LogP) is 5.15. The number of rotatable bonds is 10. The van der Waals surface area contributed by atoms with Gasteiger partial charge in [-0.3, -0.25) is 0 Å². The number of nitrogens with zero attached hydrogens (tertiary/aromatic N) is 7. The van der Waals surface area contributed by atoms with Crippen molar-refractivity contribution in [2.45, 2.75) is 44.6 Å². The lowest BCUT2D eigenvalue weighted by Gasteiger charge is -2.40. The average molecular weight is 650 g/mol. The summed E-state index contributed by atoms with van der Waals surface area (Å²) in [6.07, 6.45) is 9.15. The molecule has 48 heavy (non-hydrogen) atoms. The van der Waals surface area contributed by atoms with Crippen molar-refractivity contribution < 1.29 is 4.74 Å². The van der Waals surface area contributed by atoms with E-state index >= 15 is 0 Å². The number of likely N-dealkylation sites (tertiary alicyclic amines) is 3. The minimum atomic E-state index is 0.297. The Kier molecular flexibility index (Phi) is 9.57. The van der Waals surface area contributed by atoms with Gasteiger partial charge in [0.05, 0.1) is 11.4 Å². The average Bonchev–Trinajstić information content (AvgIpc) is 3.50. The van der Waals surface area contributed by atoms with Gasteiger partial charge in [0.1, 0.15) is 29.3 Å². The number of nitrogens with two attached hydrogens (primary N) is 1. The Morgan fingerprint density at radius 2 is 1.23 bits per heavy atom. The van der Waals surface area contributed by atoms with Crippen molar-refractivity contribution >= 4 is 16.9 Å². The number of nitrogens with one attached hydrogen (secondary N) is 1. The molecule has 4 aromatic rings. The van der Waals surface area contributed by atoms with Gasteiger partial charge in [-0.2, -0.15) is 5.10 Å². The highest BCUT2D eigenvalue weighted by Gasteiger charge is 2.30. The summed E-state index contributed by atoms with van der Waals surface area (Å²) in [7, 11) is 0. The minimum absolute atomic E-state index is 0.297. The summed E-state index contributed by atoms with van der Waals surface area (Å²) >= 11 is 0. The van der Waals surface area contributed by atoms with Crippen LogP contribution in [0, 0.1) is 17.8 Å². The van der Waals surface area contributed by atoms with Crippen LogP contribution in [0.5, 0.6) is 11.5 Å². The van der Waals surface area contributed by atoms with Crippen LogP contribution in [0.2, 0.25) is 0 Å². The summed E-state index contributed by atoms with van der Waals surface area (Å²) in [5.41, 5.74) is 9.09. The summed E-state index contributed by atoms with van der Waals surface area (Å²) in [5, 5.41) is 9.40. The maximum atomic E-state index is 6.44. The van der Waals surface area contributed by atoms with Gasteiger partial charge in [-0.05, 0) is 119 Å². The van der Waals surface area contributed by atoms with Crippen LogP contribution in [0.25, 0.3) is 22.3 Å². The highest BCUT2D eigenvalue weighted by atomic mass is 16.5. The van der Waals surface area contributed by atoms with Gasteiger partial charge >= 0.3 is 0 Å². The van der Waals surface area contributed by atoms with Crippen molar-refractivity contribution in [1.29, 1.82) is 0 Å². The van der Waals surface area contributed by atoms with Gasteiger partial charge in [-0.1, -0.05) is 18.2 Å². The van der Waals surface area contributed by atoms with Gasteiger partial charge in [-0.25, -0.2) is 14.6 Å². The smallest absolute Gasteiger partial charge is 0.164 e. The summed E-state index contributed by atoms with van der Waals surface area (Å²) < 4.78 is 8.14. The van der Waals surface area contributed by atoms with E-state index in [4.69, 9.17) is 15.6 Å². The third-order valence-corrected chi connectivity index (χ3v) is 11.4. The number of hydrogen-bond donors (Lipinski definition) is 2. The monoisotopic (exact) mass is 649 g/mol. The van der Waals surface area contributed by atoms with Gasteiger partial charge in [0.15, 0.2) is 5.65 Å². The molecule has 0 radical (unpaired) electrons. The lowest BCUT2D eigenvalue weighted by atomic mass is 9.91. The zero-order valence-electron chi connectivity index (χ0n) is 28.2. The molecule has 4 fully saturated rings. The molecule has 6 heterocycles. The largest absolute Gasteiger partial charge is 0.457 e. The number of anilines is 1. The molecular formula is C38H51N9O. The van der Waals surface area contributed by atoms with Crippen molar-refractivity contribution in [3.63, 3.8) is 0 Å². The van der Waals surface area contributed by atoms with Crippen LogP contribution in [-0.4, -0.2) is 106 Å². The maximum absolute atomic E-state index is 6.44. The molecule has 0 aliphatic carbocycles. The number of piperidine rings is 3. The number of para-hydroxylation sites is 1. The molecule has 0 unspecified atom stereocenters. The molecule has 4 aliphatic rings. The second-order valence-electron chi connectivity index (χ2n) is 14.7. The fraction of sp³-hybridized carbons (Fsp3) is 0.553. The number of fused-ring (bicyclic) bond motifs is 1. The number of hydrogen-bond acceptors (Lipinski definition) is 9. The van der Waals surface area contributed by atoms with Crippen LogP contribution in [0.15, 0.2) is 60.9 Å². The van der Waals surface area contributed by atoms with Crippen molar-refractivity contribution in [2.24, 2.45) is 17.8 Å². The van der Waals surface area contributed by atoms with E-state index in [0.29, 0.717) is 11.9 Å². The third kappa shape index (κ3) is 7.22. The van der Waals surface area contributed by atoms with Gasteiger partial charge in [-0.15, -0.1) is 0 Å². The third-order valence-electron chi connectivity index (χ3n) is 11.4. The normalized spacial score (nSPS) is 21.5. The highest BCUT2D eigenvalue weighted by molar-refractivity contribution is 5.98. The molecule has 2 aromatic carbocycles. The standard InChI is InChI=1S/C38H51N9O/c39-37-35-36(31-6-8-34(9-7-31)48-33-4-2-1-3-5-33)43-47(38(35)42-27-41-37)32-14-20-46(21-15-32)25-29-10-16-44(17-11-29)24-28-12-18-45(19-13-28)26-30-22-40-23-30/h1-9,27-30,32,40H,10-26H2,(H2,39,41,42). The molecule has 0 bridgehead atoms. The van der Waals surface area contributed by atoms with Crippen molar-refractivity contribution in [3.8, 4) is 22.8 Å². The Morgan fingerprint density at radius 3 is 1.81 bits per heavy atom. The van der Waals surface area contributed by atoms with Crippen LogP contribution in [0.3, 0.4) is 0 Å². The first-order valence-electron chi connectivity index (χ1n) is 18.3. The number of nitrogen functional groups attached to an aromatic ring is 1. The molecule has 0 amide bonds. The Bertz CT molecular complexity index is 1620. The van der Waals surface area contributed by atoms with E-state index < -0.39 is 0 Å². The Morgan fingerprint density at radius 1 is 0.667 bits per heavy atom. The van der Waals surface area contributed by atoms with Gasteiger partial charge in [0, 0.05) is 51.4 Å². The van der Waals surface area contributed by atoms with Gasteiger partial charge in [0.2, 0.25) is 0 Å². The maximum Gasteiger partial charge on any atom is 0.164 e. The lowest BCUT2D eigenvalue weighted by molar-refractivity contribution is 0.0885. The molecular weight excluding hydrogens is 598 g/mol. The molecule has 10 nitrogen and oxygen atoms in total. The fourth-order valence-electron chi connectivity index (χ4n) is 8.38. The summed E-state index contributed by atoms with van der Waals surface area (Å²) in [4.78, 5) is 17.2. The molecule has 10 heteroatoms. The molecule has 0 saturated carbocycles. The second-order valence-corrected chi connectivity index (χ2v) is 14.7. The first-order chi connectivity index (χ1) is 23.6.